The van der Waals surface area contributed by atoms with Crippen LogP contribution in [0.3, 0.4) is 0 Å². The van der Waals surface area contributed by atoms with Gasteiger partial charge in [-0.3, -0.25) is 4.79 Å². The molecule has 0 unspecified atom stereocenters. The van der Waals surface area contributed by atoms with Gasteiger partial charge >= 0.3 is 5.97 Å². The van der Waals surface area contributed by atoms with Gasteiger partial charge in [0.15, 0.2) is 0 Å². The van der Waals surface area contributed by atoms with Crippen LogP contribution >= 0.6 is 0 Å². The number of carboxylic acids is 1. The molecule has 2 aromatic rings. The SMILES string of the molecule is CC[C@H](CCC(=O)O)CO[Si](c1ccccc1)(c1ccccc1)C(C)(C)C. The van der Waals surface area contributed by atoms with Gasteiger partial charge in [-0.25, -0.2) is 0 Å². The van der Waals surface area contributed by atoms with Crippen LogP contribution in [0.15, 0.2) is 60.7 Å². The second-order valence-electron chi connectivity index (χ2n) is 8.18. The maximum absolute atomic E-state index is 11.0. The van der Waals surface area contributed by atoms with Gasteiger partial charge in [-0.05, 0) is 27.8 Å². The molecule has 0 aliphatic rings. The summed E-state index contributed by atoms with van der Waals surface area (Å²) in [6.45, 7) is 9.49. The van der Waals surface area contributed by atoms with Crippen LogP contribution in [0, 0.1) is 5.92 Å². The van der Waals surface area contributed by atoms with Gasteiger partial charge in [0.1, 0.15) is 0 Å². The van der Waals surface area contributed by atoms with Crippen LogP contribution in [0.1, 0.15) is 47.0 Å². The summed E-state index contributed by atoms with van der Waals surface area (Å²) in [6, 6.07) is 21.1. The van der Waals surface area contributed by atoms with E-state index >= 15 is 0 Å². The van der Waals surface area contributed by atoms with Crippen molar-refractivity contribution in [1.29, 1.82) is 0 Å². The highest BCUT2D eigenvalue weighted by Gasteiger charge is 2.50. The zero-order valence-corrected chi connectivity index (χ0v) is 17.9. The number of hydrogen-bond acceptors (Lipinski definition) is 2. The number of hydrogen-bond donors (Lipinski definition) is 1. The van der Waals surface area contributed by atoms with Gasteiger partial charge in [0, 0.05) is 13.0 Å². The first kappa shape index (κ1) is 21.4. The zero-order valence-electron chi connectivity index (χ0n) is 16.9. The highest BCUT2D eigenvalue weighted by atomic mass is 28.4. The van der Waals surface area contributed by atoms with Gasteiger partial charge < -0.3 is 9.53 Å². The van der Waals surface area contributed by atoms with E-state index in [-0.39, 0.29) is 17.4 Å². The van der Waals surface area contributed by atoms with Crippen molar-refractivity contribution in [2.75, 3.05) is 6.61 Å². The second-order valence-corrected chi connectivity index (χ2v) is 12.5. The highest BCUT2D eigenvalue weighted by Crippen LogP contribution is 2.37. The molecule has 0 heterocycles. The average Bonchev–Trinajstić information content (AvgIpc) is 2.65. The van der Waals surface area contributed by atoms with Crippen LogP contribution in [0.5, 0.6) is 0 Å². The largest absolute Gasteiger partial charge is 0.481 e. The van der Waals surface area contributed by atoms with Gasteiger partial charge in [-0.15, -0.1) is 0 Å². The predicted octanol–water partition coefficient (Wildman–Crippen LogP) is 4.45. The van der Waals surface area contributed by atoms with Crippen molar-refractivity contribution >= 4 is 24.7 Å². The Balaban J connectivity index is 2.44. The summed E-state index contributed by atoms with van der Waals surface area (Å²) in [6.07, 6.45) is 1.78. The third kappa shape index (κ3) is 5.08. The molecular weight excluding hydrogens is 352 g/mol. The van der Waals surface area contributed by atoms with Crippen molar-refractivity contribution in [2.45, 2.75) is 52.0 Å². The Morgan fingerprint density at radius 2 is 1.48 bits per heavy atom. The van der Waals surface area contributed by atoms with Crippen molar-refractivity contribution in [3.05, 3.63) is 60.7 Å². The molecule has 2 aromatic carbocycles. The molecule has 27 heavy (non-hydrogen) atoms. The Bertz CT molecular complexity index is 668. The molecule has 0 bridgehead atoms. The summed E-state index contributed by atoms with van der Waals surface area (Å²) in [7, 11) is -2.53. The summed E-state index contributed by atoms with van der Waals surface area (Å²) in [4.78, 5) is 11.0. The van der Waals surface area contributed by atoms with Gasteiger partial charge in [-0.1, -0.05) is 94.8 Å². The maximum Gasteiger partial charge on any atom is 0.303 e. The minimum atomic E-state index is -2.53. The van der Waals surface area contributed by atoms with Crippen LogP contribution in [-0.4, -0.2) is 26.0 Å². The lowest BCUT2D eigenvalue weighted by molar-refractivity contribution is -0.137. The Hall–Kier alpha value is -1.91. The van der Waals surface area contributed by atoms with E-state index in [9.17, 15) is 4.79 Å². The Kier molecular flexibility index (Phi) is 7.39. The molecule has 0 aromatic heterocycles. The normalized spacial score (nSPS) is 13.3. The summed E-state index contributed by atoms with van der Waals surface area (Å²) < 4.78 is 6.90. The first-order valence-corrected chi connectivity index (χ1v) is 11.7. The van der Waals surface area contributed by atoms with E-state index < -0.39 is 14.3 Å². The topological polar surface area (TPSA) is 46.5 Å². The van der Waals surface area contributed by atoms with Crippen LogP contribution in [0.4, 0.5) is 0 Å². The number of aliphatic carboxylic acids is 1. The maximum atomic E-state index is 11.0. The van der Waals surface area contributed by atoms with E-state index in [1.807, 2.05) is 12.1 Å². The van der Waals surface area contributed by atoms with E-state index in [1.165, 1.54) is 10.4 Å². The second kappa shape index (κ2) is 9.33. The van der Waals surface area contributed by atoms with Crippen LogP contribution in [0.25, 0.3) is 0 Å². The van der Waals surface area contributed by atoms with Crippen molar-refractivity contribution in [3.63, 3.8) is 0 Å². The van der Waals surface area contributed by atoms with Crippen LogP contribution in [0.2, 0.25) is 5.04 Å². The molecule has 0 aliphatic heterocycles. The number of rotatable bonds is 9. The third-order valence-electron chi connectivity index (χ3n) is 5.30. The van der Waals surface area contributed by atoms with Gasteiger partial charge in [0.25, 0.3) is 8.32 Å². The molecule has 0 spiro atoms. The summed E-state index contributed by atoms with van der Waals surface area (Å²) in [5.74, 6) is -0.485. The monoisotopic (exact) mass is 384 g/mol. The van der Waals surface area contributed by atoms with Gasteiger partial charge in [-0.2, -0.15) is 0 Å². The van der Waals surface area contributed by atoms with Crippen LogP contribution in [-0.2, 0) is 9.22 Å². The first-order chi connectivity index (χ1) is 12.8. The number of benzene rings is 2. The lowest BCUT2D eigenvalue weighted by Crippen LogP contribution is -2.66. The molecule has 0 radical (unpaired) electrons. The fourth-order valence-electron chi connectivity index (χ4n) is 3.74. The molecule has 3 nitrogen and oxygen atoms in total. The van der Waals surface area contributed by atoms with E-state index in [1.54, 1.807) is 0 Å². The summed E-state index contributed by atoms with van der Waals surface area (Å²) in [5.41, 5.74) is 0. The smallest absolute Gasteiger partial charge is 0.303 e. The molecule has 0 saturated carbocycles. The lowest BCUT2D eigenvalue weighted by Gasteiger charge is -2.43. The highest BCUT2D eigenvalue weighted by molar-refractivity contribution is 6.99. The summed E-state index contributed by atoms with van der Waals surface area (Å²) in [5, 5.41) is 11.5. The molecule has 146 valence electrons. The molecule has 0 amide bonds. The van der Waals surface area contributed by atoms with Crippen molar-refractivity contribution < 1.29 is 14.3 Å². The third-order valence-corrected chi connectivity index (χ3v) is 10.3. The van der Waals surface area contributed by atoms with E-state index in [0.29, 0.717) is 13.0 Å². The lowest BCUT2D eigenvalue weighted by atomic mass is 10.0. The van der Waals surface area contributed by atoms with Crippen molar-refractivity contribution in [1.82, 2.24) is 0 Å². The molecule has 0 fully saturated rings. The van der Waals surface area contributed by atoms with Crippen molar-refractivity contribution in [2.24, 2.45) is 5.92 Å². The van der Waals surface area contributed by atoms with Crippen molar-refractivity contribution in [3.8, 4) is 0 Å². The Morgan fingerprint density at radius 3 is 1.85 bits per heavy atom. The number of carboxylic acid groups (broad SMARTS) is 1. The molecule has 0 saturated heterocycles. The van der Waals surface area contributed by atoms with Gasteiger partial charge in [0.05, 0.1) is 0 Å². The molecular formula is C23H32O3Si. The Morgan fingerprint density at radius 1 is 1.00 bits per heavy atom. The molecule has 2 rings (SSSR count). The Labute approximate surface area is 164 Å². The number of carbonyl (C=O) groups is 1. The zero-order chi connectivity index (χ0) is 19.9. The van der Waals surface area contributed by atoms with E-state index in [0.717, 1.165) is 6.42 Å². The predicted molar refractivity (Wildman–Crippen MR) is 114 cm³/mol. The van der Waals surface area contributed by atoms with Crippen LogP contribution < -0.4 is 10.4 Å². The molecule has 4 heteroatoms. The molecule has 1 atom stereocenters. The minimum Gasteiger partial charge on any atom is -0.481 e. The minimum absolute atomic E-state index is 0.0548. The molecule has 0 aliphatic carbocycles. The first-order valence-electron chi connectivity index (χ1n) is 9.78. The average molecular weight is 385 g/mol. The fraction of sp³-hybridized carbons (Fsp3) is 0.435. The summed E-state index contributed by atoms with van der Waals surface area (Å²) >= 11 is 0. The quantitative estimate of drug-likeness (QED) is 0.650. The molecule has 1 N–H and O–H groups in total. The fourth-order valence-corrected chi connectivity index (χ4v) is 8.38. The van der Waals surface area contributed by atoms with E-state index in [2.05, 4.69) is 76.2 Å². The van der Waals surface area contributed by atoms with E-state index in [4.69, 9.17) is 9.53 Å². The standard InChI is InChI=1S/C23H32O3Si/c1-5-19(16-17-22(24)25)18-26-27(23(2,3)4,20-12-8-6-9-13-20)21-14-10-7-11-15-21/h6-15,19H,5,16-18H2,1-4H3,(H,24,25)/t19-/m1/s1. The van der Waals surface area contributed by atoms with Gasteiger partial charge in [0.2, 0.25) is 0 Å².